The van der Waals surface area contributed by atoms with Crippen LogP contribution in [0.3, 0.4) is 0 Å². The highest BCUT2D eigenvalue weighted by molar-refractivity contribution is 5.79. The van der Waals surface area contributed by atoms with E-state index in [1.807, 2.05) is 0 Å². The van der Waals surface area contributed by atoms with Gasteiger partial charge in [-0.3, -0.25) is 4.79 Å². The van der Waals surface area contributed by atoms with Crippen molar-refractivity contribution in [3.05, 3.63) is 0 Å². The van der Waals surface area contributed by atoms with Crippen LogP contribution >= 0.6 is 0 Å². The fourth-order valence-corrected chi connectivity index (χ4v) is 1.28. The topological polar surface area (TPSA) is 43.1 Å². The average Bonchev–Trinajstić information content (AvgIpc) is 2.39. The van der Waals surface area contributed by atoms with Gasteiger partial charge in [0.25, 0.3) is 0 Å². The van der Waals surface area contributed by atoms with Gasteiger partial charge in [0.15, 0.2) is 0 Å². The Morgan fingerprint density at radius 1 is 1.67 bits per heavy atom. The minimum Gasteiger partial charge on any atom is -0.369 e. The van der Waals surface area contributed by atoms with E-state index in [2.05, 4.69) is 13.8 Å². The number of rotatable bonds is 2. The zero-order valence-corrected chi connectivity index (χ0v) is 5.92. The van der Waals surface area contributed by atoms with Crippen LogP contribution in [-0.4, -0.2) is 5.91 Å². The molecule has 0 heterocycles. The molecule has 2 heteroatoms. The minimum absolute atomic E-state index is 0.117. The number of hydrogen-bond donors (Lipinski definition) is 1. The molecule has 2 N–H and O–H groups in total. The first-order valence-electron chi connectivity index (χ1n) is 3.42. The monoisotopic (exact) mass is 127 g/mol. The molecule has 1 amide bonds. The highest BCUT2D eigenvalue weighted by atomic mass is 16.1. The van der Waals surface area contributed by atoms with Crippen molar-refractivity contribution >= 4 is 5.91 Å². The first-order chi connectivity index (χ1) is 4.13. The number of hydrogen-bond acceptors (Lipinski definition) is 1. The van der Waals surface area contributed by atoms with Crippen LogP contribution in [-0.2, 0) is 4.79 Å². The molecule has 0 aromatic rings. The summed E-state index contributed by atoms with van der Waals surface area (Å²) < 4.78 is 0. The van der Waals surface area contributed by atoms with E-state index in [4.69, 9.17) is 5.73 Å². The second-order valence-corrected chi connectivity index (χ2v) is 3.15. The summed E-state index contributed by atoms with van der Waals surface area (Å²) in [6.45, 7) is 4.27. The molecule has 0 radical (unpaired) electrons. The number of carbonyl (C=O) groups is 1. The van der Waals surface area contributed by atoms with Crippen LogP contribution in [0.2, 0.25) is 0 Å². The van der Waals surface area contributed by atoms with Gasteiger partial charge in [-0.2, -0.15) is 0 Å². The highest BCUT2D eigenvalue weighted by Crippen LogP contribution is 2.43. The molecule has 1 saturated carbocycles. The fourth-order valence-electron chi connectivity index (χ4n) is 1.28. The minimum atomic E-state index is -0.117. The summed E-state index contributed by atoms with van der Waals surface area (Å²) in [6, 6.07) is 0. The molecular formula is C7H13NO. The standard InChI is InChI=1S/C7H13NO/c1-4(2)5-3-6(5)7(8)9/h4-6H,3H2,1-2H3,(H2,8,9)/t5-,6+/m1/s1. The molecule has 0 bridgehead atoms. The molecule has 0 saturated heterocycles. The van der Waals surface area contributed by atoms with Gasteiger partial charge in [-0.1, -0.05) is 13.8 Å². The quantitative estimate of drug-likeness (QED) is 0.584. The molecule has 0 spiro atoms. The summed E-state index contributed by atoms with van der Waals surface area (Å²) in [5.41, 5.74) is 5.09. The van der Waals surface area contributed by atoms with Gasteiger partial charge in [-0.25, -0.2) is 0 Å². The predicted molar refractivity (Wildman–Crippen MR) is 35.6 cm³/mol. The molecule has 9 heavy (non-hydrogen) atoms. The molecule has 0 aromatic carbocycles. The van der Waals surface area contributed by atoms with Gasteiger partial charge in [0.1, 0.15) is 0 Å². The molecule has 1 fully saturated rings. The zero-order valence-electron chi connectivity index (χ0n) is 5.92. The molecule has 1 aliphatic rings. The van der Waals surface area contributed by atoms with Gasteiger partial charge < -0.3 is 5.73 Å². The Balaban J connectivity index is 2.33. The molecular weight excluding hydrogens is 114 g/mol. The van der Waals surface area contributed by atoms with Gasteiger partial charge in [-0.05, 0) is 18.3 Å². The number of carbonyl (C=O) groups excluding carboxylic acids is 1. The first kappa shape index (κ1) is 6.59. The summed E-state index contributed by atoms with van der Waals surface area (Å²) in [4.78, 5) is 10.5. The van der Waals surface area contributed by atoms with E-state index in [-0.39, 0.29) is 11.8 Å². The van der Waals surface area contributed by atoms with Crippen molar-refractivity contribution in [2.45, 2.75) is 20.3 Å². The Labute approximate surface area is 55.4 Å². The van der Waals surface area contributed by atoms with Crippen LogP contribution in [0.25, 0.3) is 0 Å². The third kappa shape index (κ3) is 1.23. The third-order valence-electron chi connectivity index (χ3n) is 2.06. The molecule has 52 valence electrons. The second-order valence-electron chi connectivity index (χ2n) is 3.15. The van der Waals surface area contributed by atoms with Crippen molar-refractivity contribution in [1.29, 1.82) is 0 Å². The lowest BCUT2D eigenvalue weighted by Gasteiger charge is -1.98. The second kappa shape index (κ2) is 2.01. The SMILES string of the molecule is CC(C)[C@H]1C[C@@H]1C(N)=O. The Morgan fingerprint density at radius 2 is 2.22 bits per heavy atom. The summed E-state index contributed by atoms with van der Waals surface area (Å²) in [6.07, 6.45) is 1.02. The Morgan fingerprint density at radius 3 is 2.33 bits per heavy atom. The summed E-state index contributed by atoms with van der Waals surface area (Å²) in [7, 11) is 0. The van der Waals surface area contributed by atoms with Gasteiger partial charge in [0.05, 0.1) is 0 Å². The van der Waals surface area contributed by atoms with Crippen molar-refractivity contribution in [3.8, 4) is 0 Å². The van der Waals surface area contributed by atoms with Crippen molar-refractivity contribution in [3.63, 3.8) is 0 Å². The lowest BCUT2D eigenvalue weighted by molar-refractivity contribution is -0.119. The fraction of sp³-hybridized carbons (Fsp3) is 0.857. The van der Waals surface area contributed by atoms with E-state index in [0.717, 1.165) is 6.42 Å². The van der Waals surface area contributed by atoms with E-state index < -0.39 is 0 Å². The molecule has 2 atom stereocenters. The molecule has 0 aromatic heterocycles. The molecule has 1 rings (SSSR count). The van der Waals surface area contributed by atoms with Crippen LogP contribution in [0.5, 0.6) is 0 Å². The molecule has 0 aliphatic heterocycles. The van der Waals surface area contributed by atoms with E-state index in [9.17, 15) is 4.79 Å². The third-order valence-corrected chi connectivity index (χ3v) is 2.06. The Kier molecular flexibility index (Phi) is 1.47. The van der Waals surface area contributed by atoms with Gasteiger partial charge in [0.2, 0.25) is 5.91 Å². The van der Waals surface area contributed by atoms with E-state index in [0.29, 0.717) is 11.8 Å². The maximum atomic E-state index is 10.5. The zero-order chi connectivity index (χ0) is 7.02. The lowest BCUT2D eigenvalue weighted by atomic mass is 10.1. The smallest absolute Gasteiger partial charge is 0.220 e. The summed E-state index contributed by atoms with van der Waals surface area (Å²) in [5.74, 6) is 1.30. The number of nitrogens with two attached hydrogens (primary N) is 1. The normalized spacial score (nSPS) is 32.8. The first-order valence-corrected chi connectivity index (χ1v) is 3.42. The molecule has 2 nitrogen and oxygen atoms in total. The number of amides is 1. The molecule has 1 aliphatic carbocycles. The van der Waals surface area contributed by atoms with Crippen LogP contribution in [0.4, 0.5) is 0 Å². The predicted octanol–water partition coefficient (Wildman–Crippen LogP) is 0.764. The Bertz CT molecular complexity index is 131. The Hall–Kier alpha value is -0.530. The van der Waals surface area contributed by atoms with Crippen LogP contribution in [0.15, 0.2) is 0 Å². The van der Waals surface area contributed by atoms with Gasteiger partial charge >= 0.3 is 0 Å². The van der Waals surface area contributed by atoms with E-state index in [1.165, 1.54) is 0 Å². The number of primary amides is 1. The average molecular weight is 127 g/mol. The van der Waals surface area contributed by atoms with Crippen LogP contribution in [0, 0.1) is 17.8 Å². The maximum Gasteiger partial charge on any atom is 0.220 e. The highest BCUT2D eigenvalue weighted by Gasteiger charge is 2.43. The lowest BCUT2D eigenvalue weighted by Crippen LogP contribution is -2.15. The van der Waals surface area contributed by atoms with E-state index in [1.54, 1.807) is 0 Å². The summed E-state index contributed by atoms with van der Waals surface area (Å²) >= 11 is 0. The van der Waals surface area contributed by atoms with Crippen molar-refractivity contribution < 1.29 is 4.79 Å². The van der Waals surface area contributed by atoms with Crippen molar-refractivity contribution in [1.82, 2.24) is 0 Å². The van der Waals surface area contributed by atoms with Crippen molar-refractivity contribution in [2.24, 2.45) is 23.5 Å². The van der Waals surface area contributed by atoms with E-state index >= 15 is 0 Å². The maximum absolute atomic E-state index is 10.5. The van der Waals surface area contributed by atoms with Crippen LogP contribution < -0.4 is 5.73 Å². The van der Waals surface area contributed by atoms with Crippen LogP contribution in [0.1, 0.15) is 20.3 Å². The summed E-state index contributed by atoms with van der Waals surface area (Å²) in [5, 5.41) is 0. The van der Waals surface area contributed by atoms with Gasteiger partial charge in [0, 0.05) is 5.92 Å². The largest absolute Gasteiger partial charge is 0.369 e. The van der Waals surface area contributed by atoms with Gasteiger partial charge in [-0.15, -0.1) is 0 Å². The molecule has 0 unspecified atom stereocenters. The van der Waals surface area contributed by atoms with Crippen molar-refractivity contribution in [2.75, 3.05) is 0 Å².